The lowest BCUT2D eigenvalue weighted by Gasteiger charge is -2.16. The van der Waals surface area contributed by atoms with Crippen molar-refractivity contribution >= 4 is 11.6 Å². The van der Waals surface area contributed by atoms with Gasteiger partial charge >= 0.3 is 0 Å². The van der Waals surface area contributed by atoms with Gasteiger partial charge in [0, 0.05) is 20.2 Å². The van der Waals surface area contributed by atoms with Crippen molar-refractivity contribution in [3.63, 3.8) is 0 Å². The van der Waals surface area contributed by atoms with Crippen LogP contribution in [0.5, 0.6) is 0 Å². The Kier molecular flexibility index (Phi) is 5.38. The normalized spacial score (nSPS) is 10.1. The van der Waals surface area contributed by atoms with Crippen LogP contribution < -0.4 is 11.3 Å². The third-order valence-electron chi connectivity index (χ3n) is 2.27. The molecule has 0 saturated heterocycles. The first kappa shape index (κ1) is 13.4. The lowest BCUT2D eigenvalue weighted by atomic mass is 10.3. The molecule has 1 amide bonds. The average molecular weight is 238 g/mol. The van der Waals surface area contributed by atoms with E-state index in [1.807, 2.05) is 6.92 Å². The molecule has 94 valence electrons. The number of aromatic nitrogens is 1. The van der Waals surface area contributed by atoms with Crippen LogP contribution in [0.25, 0.3) is 0 Å². The molecule has 1 heterocycles. The number of anilines is 1. The third kappa shape index (κ3) is 4.01. The molecule has 6 nitrogen and oxygen atoms in total. The van der Waals surface area contributed by atoms with Gasteiger partial charge in [-0.2, -0.15) is 0 Å². The number of rotatable bonds is 6. The summed E-state index contributed by atoms with van der Waals surface area (Å²) in [6, 6.07) is 3.34. The number of amides is 1. The van der Waals surface area contributed by atoms with Crippen LogP contribution in [0.15, 0.2) is 18.3 Å². The van der Waals surface area contributed by atoms with Gasteiger partial charge in [0.05, 0.1) is 18.5 Å². The van der Waals surface area contributed by atoms with Gasteiger partial charge in [-0.3, -0.25) is 10.6 Å². The van der Waals surface area contributed by atoms with Crippen LogP contribution in [-0.2, 0) is 4.74 Å². The van der Waals surface area contributed by atoms with Crippen LogP contribution in [0.3, 0.4) is 0 Å². The maximum absolute atomic E-state index is 11.9. The maximum atomic E-state index is 11.9. The van der Waals surface area contributed by atoms with E-state index in [1.54, 1.807) is 24.1 Å². The Morgan fingerprint density at radius 3 is 2.88 bits per heavy atom. The van der Waals surface area contributed by atoms with Gasteiger partial charge in [-0.1, -0.05) is 0 Å². The third-order valence-corrected chi connectivity index (χ3v) is 2.27. The molecule has 0 spiro atoms. The predicted molar refractivity (Wildman–Crippen MR) is 65.5 cm³/mol. The van der Waals surface area contributed by atoms with Crippen molar-refractivity contribution < 1.29 is 9.53 Å². The van der Waals surface area contributed by atoms with Gasteiger partial charge in [0.1, 0.15) is 5.69 Å². The SMILES string of the molecule is CCOCCN(C)C(=O)c1ccc(NN)cn1. The molecule has 1 aromatic rings. The monoisotopic (exact) mass is 238 g/mol. The van der Waals surface area contributed by atoms with E-state index in [1.165, 1.54) is 6.20 Å². The topological polar surface area (TPSA) is 80.5 Å². The molecule has 0 aliphatic heterocycles. The molecular formula is C11H18N4O2. The smallest absolute Gasteiger partial charge is 0.272 e. The summed E-state index contributed by atoms with van der Waals surface area (Å²) >= 11 is 0. The van der Waals surface area contributed by atoms with Crippen molar-refractivity contribution in [2.24, 2.45) is 5.84 Å². The van der Waals surface area contributed by atoms with Crippen LogP contribution in [-0.4, -0.2) is 42.6 Å². The zero-order valence-electron chi connectivity index (χ0n) is 10.1. The number of carbonyl (C=O) groups is 1. The number of pyridine rings is 1. The fourth-order valence-corrected chi connectivity index (χ4v) is 1.25. The summed E-state index contributed by atoms with van der Waals surface area (Å²) in [7, 11) is 1.72. The predicted octanol–water partition coefficient (Wildman–Crippen LogP) is 0.476. The number of likely N-dealkylation sites (N-methyl/N-ethyl adjacent to an activating group) is 1. The minimum Gasteiger partial charge on any atom is -0.380 e. The van der Waals surface area contributed by atoms with Crippen LogP contribution in [0.2, 0.25) is 0 Å². The summed E-state index contributed by atoms with van der Waals surface area (Å²) < 4.78 is 5.19. The number of nitrogen functional groups attached to an aromatic ring is 1. The molecule has 0 bridgehead atoms. The van der Waals surface area contributed by atoms with E-state index in [-0.39, 0.29) is 5.91 Å². The van der Waals surface area contributed by atoms with E-state index in [4.69, 9.17) is 10.6 Å². The van der Waals surface area contributed by atoms with Crippen molar-refractivity contribution in [1.29, 1.82) is 0 Å². The van der Waals surface area contributed by atoms with Crippen molar-refractivity contribution in [2.75, 3.05) is 32.2 Å². The van der Waals surface area contributed by atoms with Gasteiger partial charge in [-0.05, 0) is 19.1 Å². The molecule has 1 aromatic heterocycles. The largest absolute Gasteiger partial charge is 0.380 e. The van der Waals surface area contributed by atoms with E-state index >= 15 is 0 Å². The van der Waals surface area contributed by atoms with E-state index in [2.05, 4.69) is 10.4 Å². The minimum absolute atomic E-state index is 0.131. The van der Waals surface area contributed by atoms with E-state index in [0.717, 1.165) is 0 Å². The number of nitrogens with two attached hydrogens (primary N) is 1. The summed E-state index contributed by atoms with van der Waals surface area (Å²) in [5, 5.41) is 0. The molecule has 17 heavy (non-hydrogen) atoms. The molecule has 0 aliphatic rings. The molecule has 0 aliphatic carbocycles. The zero-order valence-corrected chi connectivity index (χ0v) is 10.1. The fraction of sp³-hybridized carbons (Fsp3) is 0.455. The van der Waals surface area contributed by atoms with Crippen molar-refractivity contribution in [3.05, 3.63) is 24.0 Å². The van der Waals surface area contributed by atoms with E-state index < -0.39 is 0 Å². The first-order chi connectivity index (χ1) is 8.19. The lowest BCUT2D eigenvalue weighted by Crippen LogP contribution is -2.30. The number of nitrogens with one attached hydrogen (secondary N) is 1. The zero-order chi connectivity index (χ0) is 12.7. The summed E-state index contributed by atoms with van der Waals surface area (Å²) in [5.41, 5.74) is 3.51. The highest BCUT2D eigenvalue weighted by Gasteiger charge is 2.12. The Balaban J connectivity index is 2.55. The first-order valence-corrected chi connectivity index (χ1v) is 5.45. The number of ether oxygens (including phenoxy) is 1. The molecule has 6 heteroatoms. The molecule has 3 N–H and O–H groups in total. The van der Waals surface area contributed by atoms with Gasteiger partial charge in [0.15, 0.2) is 0 Å². The number of hydrogen-bond acceptors (Lipinski definition) is 5. The number of nitrogens with zero attached hydrogens (tertiary/aromatic N) is 2. The number of hydrogen-bond donors (Lipinski definition) is 2. The highest BCUT2D eigenvalue weighted by Crippen LogP contribution is 2.06. The van der Waals surface area contributed by atoms with Gasteiger partial charge in [0.25, 0.3) is 5.91 Å². The molecular weight excluding hydrogens is 220 g/mol. The molecule has 0 fully saturated rings. The molecule has 0 saturated carbocycles. The van der Waals surface area contributed by atoms with E-state index in [0.29, 0.717) is 31.1 Å². The maximum Gasteiger partial charge on any atom is 0.272 e. The van der Waals surface area contributed by atoms with E-state index in [9.17, 15) is 4.79 Å². The molecule has 0 aromatic carbocycles. The molecule has 0 unspecified atom stereocenters. The quantitative estimate of drug-likeness (QED) is 0.428. The molecule has 0 radical (unpaired) electrons. The highest BCUT2D eigenvalue weighted by molar-refractivity contribution is 5.92. The summed E-state index contributed by atoms with van der Waals surface area (Å²) in [6.45, 7) is 3.64. The average Bonchev–Trinajstić information content (AvgIpc) is 2.38. The van der Waals surface area contributed by atoms with Crippen LogP contribution in [0.1, 0.15) is 17.4 Å². The summed E-state index contributed by atoms with van der Waals surface area (Å²) in [6.07, 6.45) is 1.52. The Labute approximate surface area is 101 Å². The van der Waals surface area contributed by atoms with Crippen molar-refractivity contribution in [3.8, 4) is 0 Å². The Bertz CT molecular complexity index is 353. The number of hydrazine groups is 1. The molecule has 0 atom stereocenters. The van der Waals surface area contributed by atoms with Gasteiger partial charge in [0.2, 0.25) is 0 Å². The van der Waals surface area contributed by atoms with Crippen molar-refractivity contribution in [2.45, 2.75) is 6.92 Å². The first-order valence-electron chi connectivity index (χ1n) is 5.45. The number of carbonyl (C=O) groups excluding carboxylic acids is 1. The minimum atomic E-state index is -0.131. The van der Waals surface area contributed by atoms with Crippen LogP contribution in [0, 0.1) is 0 Å². The van der Waals surface area contributed by atoms with Gasteiger partial charge < -0.3 is 15.1 Å². The highest BCUT2D eigenvalue weighted by atomic mass is 16.5. The van der Waals surface area contributed by atoms with Crippen molar-refractivity contribution in [1.82, 2.24) is 9.88 Å². The second-order valence-corrected chi connectivity index (χ2v) is 3.50. The van der Waals surface area contributed by atoms with Crippen LogP contribution >= 0.6 is 0 Å². The second-order valence-electron chi connectivity index (χ2n) is 3.50. The van der Waals surface area contributed by atoms with Crippen LogP contribution in [0.4, 0.5) is 5.69 Å². The second kappa shape index (κ2) is 6.82. The standard InChI is InChI=1S/C11H18N4O2/c1-3-17-7-6-15(2)11(16)10-5-4-9(14-12)8-13-10/h4-5,8,14H,3,6-7,12H2,1-2H3. The fourth-order valence-electron chi connectivity index (χ4n) is 1.25. The van der Waals surface area contributed by atoms with Gasteiger partial charge in [-0.25, -0.2) is 4.98 Å². The summed E-state index contributed by atoms with van der Waals surface area (Å²) in [4.78, 5) is 17.5. The Morgan fingerprint density at radius 1 is 1.59 bits per heavy atom. The molecule has 1 rings (SSSR count). The Hall–Kier alpha value is -1.66. The summed E-state index contributed by atoms with van der Waals surface area (Å²) in [5.74, 6) is 5.08. The van der Waals surface area contributed by atoms with Gasteiger partial charge in [-0.15, -0.1) is 0 Å². The Morgan fingerprint density at radius 2 is 2.35 bits per heavy atom. The lowest BCUT2D eigenvalue weighted by molar-refractivity contribution is 0.0704.